The van der Waals surface area contributed by atoms with E-state index >= 15 is 0 Å². The zero-order valence-corrected chi connectivity index (χ0v) is 16.1. The maximum Gasteiger partial charge on any atom is 0.331 e. The van der Waals surface area contributed by atoms with Gasteiger partial charge in [-0.15, -0.1) is 0 Å². The first kappa shape index (κ1) is 20.8. The van der Waals surface area contributed by atoms with E-state index in [9.17, 15) is 4.57 Å². The van der Waals surface area contributed by atoms with Crippen molar-refractivity contribution in [1.82, 2.24) is 0 Å². The summed E-state index contributed by atoms with van der Waals surface area (Å²) in [6.07, 6.45) is 0.517. The molecule has 0 saturated carbocycles. The topological polar surface area (TPSA) is 69.2 Å². The van der Waals surface area contributed by atoms with E-state index in [2.05, 4.69) is 10.3 Å². The smallest absolute Gasteiger partial charge is 0.331 e. The van der Waals surface area contributed by atoms with Crippen LogP contribution in [0.5, 0.6) is 0 Å². The van der Waals surface area contributed by atoms with Gasteiger partial charge in [0, 0.05) is 12.1 Å². The fraction of sp³-hybridized carbons (Fsp3) is 0.500. The Morgan fingerprint density at radius 2 is 1.75 bits per heavy atom. The molecule has 0 unspecified atom stereocenters. The van der Waals surface area contributed by atoms with Crippen LogP contribution in [0.1, 0.15) is 27.2 Å². The second-order valence-corrected chi connectivity index (χ2v) is 7.23. The quantitative estimate of drug-likeness (QED) is 0.298. The number of thiocarbonyl (C=S) groups is 1. The Hall–Kier alpha value is -1.27. The normalized spacial score (nSPS) is 12.0. The van der Waals surface area contributed by atoms with E-state index in [0.29, 0.717) is 32.1 Å². The van der Waals surface area contributed by atoms with Gasteiger partial charge in [-0.05, 0) is 45.1 Å². The van der Waals surface area contributed by atoms with Crippen LogP contribution >= 0.6 is 19.8 Å². The SMILES string of the molecule is CCOC(CCP(=O)(OCC)OCC)=NC(=S)Nc1ccccc1. The predicted molar refractivity (Wildman–Crippen MR) is 102 cm³/mol. The Kier molecular flexibility index (Phi) is 9.79. The van der Waals surface area contributed by atoms with Crippen molar-refractivity contribution in [2.24, 2.45) is 4.99 Å². The number of rotatable bonds is 9. The average Bonchev–Trinajstić information content (AvgIpc) is 2.54. The van der Waals surface area contributed by atoms with Gasteiger partial charge in [0.05, 0.1) is 26.0 Å². The minimum atomic E-state index is -3.13. The maximum absolute atomic E-state index is 12.5. The molecule has 0 atom stereocenters. The third-order valence-corrected chi connectivity index (χ3v) is 5.08. The second kappa shape index (κ2) is 11.3. The standard InChI is InChI=1S/C16H25N2O4PS/c1-4-20-15(12-13-23(19,21-5-2)22-6-3)18-16(24)17-14-10-8-7-9-11-14/h7-11H,4-6,12-13H2,1-3H3,(H,17,24). The number of benzene rings is 1. The predicted octanol–water partition coefficient (Wildman–Crippen LogP) is 4.47. The Bertz CT molecular complexity index is 571. The van der Waals surface area contributed by atoms with Gasteiger partial charge in [-0.25, -0.2) is 0 Å². The van der Waals surface area contributed by atoms with Crippen LogP contribution in [0.4, 0.5) is 5.69 Å². The van der Waals surface area contributed by atoms with Gasteiger partial charge in [-0.3, -0.25) is 4.57 Å². The molecule has 0 aromatic heterocycles. The lowest BCUT2D eigenvalue weighted by atomic mass is 10.3. The van der Waals surface area contributed by atoms with Gasteiger partial charge in [0.2, 0.25) is 0 Å². The molecule has 0 amide bonds. The first-order valence-electron chi connectivity index (χ1n) is 7.97. The molecule has 1 aromatic rings. The fourth-order valence-corrected chi connectivity index (χ4v) is 3.71. The molecule has 0 heterocycles. The van der Waals surface area contributed by atoms with Gasteiger partial charge in [0.25, 0.3) is 0 Å². The second-order valence-electron chi connectivity index (χ2n) is 4.65. The highest BCUT2D eigenvalue weighted by molar-refractivity contribution is 7.80. The molecule has 0 aliphatic rings. The summed E-state index contributed by atoms with van der Waals surface area (Å²) in [5.41, 5.74) is 0.844. The van der Waals surface area contributed by atoms with Crippen LogP contribution in [0.15, 0.2) is 35.3 Å². The Balaban J connectivity index is 2.70. The van der Waals surface area contributed by atoms with Crippen molar-refractivity contribution in [2.75, 3.05) is 31.3 Å². The first-order valence-corrected chi connectivity index (χ1v) is 10.1. The minimum absolute atomic E-state index is 0.196. The summed E-state index contributed by atoms with van der Waals surface area (Å²) < 4.78 is 28.5. The van der Waals surface area contributed by atoms with Gasteiger partial charge in [0.15, 0.2) is 11.0 Å². The van der Waals surface area contributed by atoms with Gasteiger partial charge in [-0.2, -0.15) is 4.99 Å². The molecule has 0 saturated heterocycles. The van der Waals surface area contributed by atoms with Crippen LogP contribution in [0.25, 0.3) is 0 Å². The van der Waals surface area contributed by atoms with Crippen molar-refractivity contribution in [3.8, 4) is 0 Å². The summed E-state index contributed by atoms with van der Waals surface area (Å²) in [6, 6.07) is 9.50. The molecule has 8 heteroatoms. The molecule has 0 aliphatic heterocycles. The Morgan fingerprint density at radius 1 is 1.12 bits per heavy atom. The first-order chi connectivity index (χ1) is 11.5. The van der Waals surface area contributed by atoms with Crippen LogP contribution in [0.3, 0.4) is 0 Å². The molecule has 0 spiro atoms. The third-order valence-electron chi connectivity index (χ3n) is 2.81. The number of hydrogen-bond acceptors (Lipinski definition) is 5. The summed E-state index contributed by atoms with van der Waals surface area (Å²) in [6.45, 7) is 6.51. The minimum Gasteiger partial charge on any atom is -0.481 e. The van der Waals surface area contributed by atoms with Crippen molar-refractivity contribution < 1.29 is 18.3 Å². The van der Waals surface area contributed by atoms with E-state index in [-0.39, 0.29) is 11.3 Å². The molecule has 6 nitrogen and oxygen atoms in total. The Morgan fingerprint density at radius 3 is 2.29 bits per heavy atom. The highest BCUT2D eigenvalue weighted by Crippen LogP contribution is 2.48. The van der Waals surface area contributed by atoms with Crippen LogP contribution in [0, 0.1) is 0 Å². The molecule has 0 radical (unpaired) electrons. The van der Waals surface area contributed by atoms with Crippen molar-refractivity contribution >= 4 is 36.5 Å². The molecular formula is C16H25N2O4PS. The number of ether oxygens (including phenoxy) is 1. The van der Waals surface area contributed by atoms with Crippen LogP contribution in [-0.4, -0.2) is 37.0 Å². The van der Waals surface area contributed by atoms with Crippen molar-refractivity contribution in [3.05, 3.63) is 30.3 Å². The average molecular weight is 372 g/mol. The summed E-state index contributed by atoms with van der Waals surface area (Å²) >= 11 is 5.23. The highest BCUT2D eigenvalue weighted by Gasteiger charge is 2.24. The van der Waals surface area contributed by atoms with E-state index in [1.807, 2.05) is 37.3 Å². The van der Waals surface area contributed by atoms with E-state index in [1.165, 1.54) is 0 Å². The third kappa shape index (κ3) is 8.02. The molecule has 24 heavy (non-hydrogen) atoms. The number of nitrogens with zero attached hydrogens (tertiary/aromatic N) is 1. The molecular weight excluding hydrogens is 347 g/mol. The van der Waals surface area contributed by atoms with E-state index < -0.39 is 7.60 Å². The lowest BCUT2D eigenvalue weighted by molar-refractivity contribution is 0.219. The molecule has 134 valence electrons. The lowest BCUT2D eigenvalue weighted by Gasteiger charge is -2.17. The molecule has 1 rings (SSSR count). The number of hydrogen-bond donors (Lipinski definition) is 1. The molecule has 0 aliphatic carbocycles. The fourth-order valence-electron chi connectivity index (χ4n) is 1.91. The number of anilines is 1. The van der Waals surface area contributed by atoms with E-state index in [1.54, 1.807) is 13.8 Å². The van der Waals surface area contributed by atoms with Crippen LogP contribution < -0.4 is 5.32 Å². The van der Waals surface area contributed by atoms with Gasteiger partial charge < -0.3 is 19.1 Å². The molecule has 1 aromatic carbocycles. The van der Waals surface area contributed by atoms with Gasteiger partial charge in [0.1, 0.15) is 0 Å². The van der Waals surface area contributed by atoms with Crippen molar-refractivity contribution in [2.45, 2.75) is 27.2 Å². The van der Waals surface area contributed by atoms with Crippen molar-refractivity contribution in [3.63, 3.8) is 0 Å². The zero-order valence-electron chi connectivity index (χ0n) is 14.4. The zero-order chi connectivity index (χ0) is 17.8. The summed E-state index contributed by atoms with van der Waals surface area (Å²) in [5.74, 6) is 0.408. The number of para-hydroxylation sites is 1. The van der Waals surface area contributed by atoms with E-state index in [0.717, 1.165) is 5.69 Å². The Labute approximate surface area is 149 Å². The van der Waals surface area contributed by atoms with Crippen LogP contribution in [0.2, 0.25) is 0 Å². The van der Waals surface area contributed by atoms with Gasteiger partial charge >= 0.3 is 7.60 Å². The van der Waals surface area contributed by atoms with Crippen LogP contribution in [-0.2, 0) is 18.3 Å². The molecule has 1 N–H and O–H groups in total. The molecule has 0 bridgehead atoms. The van der Waals surface area contributed by atoms with Gasteiger partial charge in [-0.1, -0.05) is 18.2 Å². The van der Waals surface area contributed by atoms with Crippen molar-refractivity contribution in [1.29, 1.82) is 0 Å². The lowest BCUT2D eigenvalue weighted by Crippen LogP contribution is -2.15. The summed E-state index contributed by atoms with van der Waals surface area (Å²) in [5, 5.41) is 3.30. The summed E-state index contributed by atoms with van der Waals surface area (Å²) in [7, 11) is -3.13. The highest BCUT2D eigenvalue weighted by atomic mass is 32.1. The number of aliphatic imine (C=N–C) groups is 1. The summed E-state index contributed by atoms with van der Waals surface area (Å²) in [4.78, 5) is 4.27. The number of nitrogens with one attached hydrogen (secondary N) is 1. The molecule has 0 fully saturated rings. The largest absolute Gasteiger partial charge is 0.481 e. The maximum atomic E-state index is 12.5. The monoisotopic (exact) mass is 372 g/mol. The van der Waals surface area contributed by atoms with E-state index in [4.69, 9.17) is 26.0 Å².